The van der Waals surface area contributed by atoms with Crippen molar-refractivity contribution in [3.8, 4) is 5.75 Å². The summed E-state index contributed by atoms with van der Waals surface area (Å²) in [6, 6.07) is 14.0. The van der Waals surface area contributed by atoms with E-state index in [1.807, 2.05) is 30.3 Å². The predicted molar refractivity (Wildman–Crippen MR) is 101 cm³/mol. The number of anilines is 1. The first kappa shape index (κ1) is 17.5. The van der Waals surface area contributed by atoms with Gasteiger partial charge in [-0.1, -0.05) is 38.1 Å². The van der Waals surface area contributed by atoms with Gasteiger partial charge < -0.3 is 15.4 Å². The molecule has 3 rings (SSSR count). The van der Waals surface area contributed by atoms with E-state index in [0.717, 1.165) is 30.9 Å². The lowest BCUT2D eigenvalue weighted by Crippen LogP contribution is -2.32. The maximum atomic E-state index is 12.6. The van der Waals surface area contributed by atoms with E-state index in [-0.39, 0.29) is 5.91 Å². The maximum absolute atomic E-state index is 12.6. The lowest BCUT2D eigenvalue weighted by atomic mass is 9.99. The Morgan fingerprint density at radius 3 is 2.76 bits per heavy atom. The Kier molecular flexibility index (Phi) is 5.39. The zero-order valence-electron chi connectivity index (χ0n) is 15.1. The minimum Gasteiger partial charge on any atom is -0.481 e. The number of rotatable bonds is 5. The number of hydrogen-bond acceptors (Lipinski definition) is 3. The van der Waals surface area contributed by atoms with Crippen LogP contribution in [0.2, 0.25) is 0 Å². The smallest absolute Gasteiger partial charge is 0.265 e. The van der Waals surface area contributed by atoms with E-state index in [2.05, 4.69) is 36.6 Å². The third kappa shape index (κ3) is 4.20. The first-order valence-electron chi connectivity index (χ1n) is 8.93. The van der Waals surface area contributed by atoms with E-state index in [1.54, 1.807) is 6.92 Å². The number of benzene rings is 2. The molecule has 0 aliphatic carbocycles. The Balaban J connectivity index is 1.68. The molecule has 0 saturated heterocycles. The van der Waals surface area contributed by atoms with Crippen molar-refractivity contribution in [1.29, 1.82) is 0 Å². The molecule has 0 spiro atoms. The maximum Gasteiger partial charge on any atom is 0.265 e. The van der Waals surface area contributed by atoms with Gasteiger partial charge in [0.05, 0.1) is 0 Å². The number of ether oxygens (including phenoxy) is 1. The van der Waals surface area contributed by atoms with Gasteiger partial charge in [-0.3, -0.25) is 4.79 Å². The quantitative estimate of drug-likeness (QED) is 0.870. The van der Waals surface area contributed by atoms with Crippen molar-refractivity contribution in [2.24, 2.45) is 0 Å². The number of carbonyl (C=O) groups excluding carboxylic acids is 1. The normalized spacial score (nSPS) is 14.7. The Morgan fingerprint density at radius 1 is 1.16 bits per heavy atom. The molecule has 0 fully saturated rings. The number of nitrogens with one attached hydrogen (secondary N) is 2. The molecule has 2 aromatic carbocycles. The van der Waals surface area contributed by atoms with Gasteiger partial charge in [-0.2, -0.15) is 0 Å². The highest BCUT2D eigenvalue weighted by molar-refractivity contribution is 5.95. The van der Waals surface area contributed by atoms with Crippen LogP contribution >= 0.6 is 0 Å². The molecule has 0 aromatic heterocycles. The zero-order chi connectivity index (χ0) is 17.8. The van der Waals surface area contributed by atoms with Gasteiger partial charge in [0.1, 0.15) is 5.75 Å². The number of carbonyl (C=O) groups is 1. The first-order valence-corrected chi connectivity index (χ1v) is 8.93. The fourth-order valence-corrected chi connectivity index (χ4v) is 3.07. The monoisotopic (exact) mass is 338 g/mol. The molecule has 1 aliphatic heterocycles. The van der Waals surface area contributed by atoms with Crippen molar-refractivity contribution in [3.05, 3.63) is 59.2 Å². The highest BCUT2D eigenvalue weighted by atomic mass is 16.5. The molecule has 2 N–H and O–H groups in total. The van der Waals surface area contributed by atoms with Crippen LogP contribution in [-0.4, -0.2) is 18.6 Å². The Hall–Kier alpha value is -2.33. The number of amides is 1. The van der Waals surface area contributed by atoms with Crippen molar-refractivity contribution in [3.63, 3.8) is 0 Å². The number of fused-ring (bicyclic) bond motifs is 1. The average molecular weight is 338 g/mol. The Labute approximate surface area is 149 Å². The first-order chi connectivity index (χ1) is 12.0. The molecular formula is C21H26N2O2. The van der Waals surface area contributed by atoms with Gasteiger partial charge in [-0.15, -0.1) is 0 Å². The highest BCUT2D eigenvalue weighted by Crippen LogP contribution is 2.24. The van der Waals surface area contributed by atoms with Gasteiger partial charge in [0.25, 0.3) is 5.91 Å². The topological polar surface area (TPSA) is 50.4 Å². The second kappa shape index (κ2) is 7.70. The molecule has 1 aliphatic rings. The van der Waals surface area contributed by atoms with Crippen LogP contribution in [0.3, 0.4) is 0 Å². The molecule has 0 saturated carbocycles. The van der Waals surface area contributed by atoms with E-state index in [9.17, 15) is 4.79 Å². The Bertz CT molecular complexity index is 755. The minimum absolute atomic E-state index is 0.131. The van der Waals surface area contributed by atoms with E-state index < -0.39 is 6.10 Å². The molecule has 2 aromatic rings. The van der Waals surface area contributed by atoms with Gasteiger partial charge in [0.2, 0.25) is 0 Å². The molecule has 0 bridgehead atoms. The van der Waals surface area contributed by atoms with Crippen LogP contribution in [0, 0.1) is 0 Å². The van der Waals surface area contributed by atoms with Crippen LogP contribution in [0.15, 0.2) is 42.5 Å². The zero-order valence-corrected chi connectivity index (χ0v) is 15.1. The minimum atomic E-state index is -0.560. The fraction of sp³-hybridized carbons (Fsp3) is 0.381. The van der Waals surface area contributed by atoms with Crippen molar-refractivity contribution in [2.75, 3.05) is 11.9 Å². The molecule has 1 amide bonds. The van der Waals surface area contributed by atoms with E-state index >= 15 is 0 Å². The molecule has 25 heavy (non-hydrogen) atoms. The van der Waals surface area contributed by atoms with Crippen molar-refractivity contribution in [1.82, 2.24) is 5.32 Å². The van der Waals surface area contributed by atoms with E-state index in [4.69, 9.17) is 4.74 Å². The van der Waals surface area contributed by atoms with Crippen LogP contribution in [-0.2, 0) is 17.8 Å². The lowest BCUT2D eigenvalue weighted by molar-refractivity contribution is -0.122. The molecule has 4 nitrogen and oxygen atoms in total. The summed E-state index contributed by atoms with van der Waals surface area (Å²) in [6.45, 7) is 7.84. The van der Waals surface area contributed by atoms with Crippen LogP contribution in [0.4, 0.5) is 5.69 Å². The fourth-order valence-electron chi connectivity index (χ4n) is 3.07. The lowest BCUT2D eigenvalue weighted by Gasteiger charge is -2.22. The third-order valence-electron chi connectivity index (χ3n) is 4.61. The highest BCUT2D eigenvalue weighted by Gasteiger charge is 2.19. The summed E-state index contributed by atoms with van der Waals surface area (Å²) >= 11 is 0. The van der Waals surface area contributed by atoms with Crippen LogP contribution < -0.4 is 15.4 Å². The van der Waals surface area contributed by atoms with Crippen molar-refractivity contribution >= 4 is 11.6 Å². The predicted octanol–water partition coefficient (Wildman–Crippen LogP) is 3.86. The van der Waals surface area contributed by atoms with Crippen LogP contribution in [0.25, 0.3) is 0 Å². The third-order valence-corrected chi connectivity index (χ3v) is 4.61. The van der Waals surface area contributed by atoms with Gasteiger partial charge in [-0.05, 0) is 60.7 Å². The van der Waals surface area contributed by atoms with Gasteiger partial charge >= 0.3 is 0 Å². The summed E-state index contributed by atoms with van der Waals surface area (Å²) in [7, 11) is 0. The number of hydrogen-bond donors (Lipinski definition) is 2. The molecule has 4 heteroatoms. The second-order valence-corrected chi connectivity index (χ2v) is 6.85. The van der Waals surface area contributed by atoms with Crippen molar-refractivity contribution in [2.45, 2.75) is 45.8 Å². The van der Waals surface area contributed by atoms with E-state index in [1.165, 1.54) is 16.7 Å². The molecule has 0 radical (unpaired) electrons. The largest absolute Gasteiger partial charge is 0.481 e. The van der Waals surface area contributed by atoms with Gasteiger partial charge in [0, 0.05) is 12.2 Å². The summed E-state index contributed by atoms with van der Waals surface area (Å²) in [5.74, 6) is 1.02. The van der Waals surface area contributed by atoms with Crippen LogP contribution in [0.1, 0.15) is 43.4 Å². The molecule has 1 unspecified atom stereocenters. The summed E-state index contributed by atoms with van der Waals surface area (Å²) in [4.78, 5) is 12.6. The van der Waals surface area contributed by atoms with Crippen molar-refractivity contribution < 1.29 is 9.53 Å². The summed E-state index contributed by atoms with van der Waals surface area (Å²) in [6.07, 6.45) is 0.433. The summed E-state index contributed by atoms with van der Waals surface area (Å²) in [5, 5.41) is 6.38. The van der Waals surface area contributed by atoms with Gasteiger partial charge in [0.15, 0.2) is 6.10 Å². The standard InChI is InChI=1S/C21H26N2O2/c1-14(2)17-7-4-8-18(12-17)25-15(3)21(24)23-20-9-5-6-16-10-11-22-13-19(16)20/h4-9,12,14-15,22H,10-11,13H2,1-3H3,(H,23,24). The average Bonchev–Trinajstić information content (AvgIpc) is 2.62. The molecular weight excluding hydrogens is 312 g/mol. The summed E-state index contributed by atoms with van der Waals surface area (Å²) in [5.41, 5.74) is 4.56. The van der Waals surface area contributed by atoms with Crippen LogP contribution in [0.5, 0.6) is 5.75 Å². The SMILES string of the molecule is CC(Oc1cccc(C(C)C)c1)C(=O)Nc1cccc2c1CNCC2. The molecule has 132 valence electrons. The molecule has 1 atom stereocenters. The Morgan fingerprint density at radius 2 is 1.96 bits per heavy atom. The van der Waals surface area contributed by atoms with Gasteiger partial charge in [-0.25, -0.2) is 0 Å². The second-order valence-electron chi connectivity index (χ2n) is 6.85. The summed E-state index contributed by atoms with van der Waals surface area (Å²) < 4.78 is 5.86. The van der Waals surface area contributed by atoms with E-state index in [0.29, 0.717) is 5.92 Å². The molecule has 1 heterocycles.